The van der Waals surface area contributed by atoms with Crippen LogP contribution in [0.25, 0.3) is 0 Å². The number of sulfonamides is 1. The quantitative estimate of drug-likeness (QED) is 0.782. The molecule has 0 fully saturated rings. The Morgan fingerprint density at radius 3 is 2.39 bits per heavy atom. The third-order valence-corrected chi connectivity index (χ3v) is 2.85. The van der Waals surface area contributed by atoms with Crippen molar-refractivity contribution in [1.29, 1.82) is 0 Å². The molecule has 1 aromatic rings. The molecular weight excluding hydrogens is 270 g/mol. The van der Waals surface area contributed by atoms with Gasteiger partial charge in [-0.2, -0.15) is 4.39 Å². The lowest BCUT2D eigenvalue weighted by atomic mass is 10.3. The highest BCUT2D eigenvalue weighted by Crippen LogP contribution is 2.24. The monoisotopic (exact) mass is 280 g/mol. The first-order valence-electron chi connectivity index (χ1n) is 4.65. The zero-order valence-electron chi connectivity index (χ0n) is 9.02. The van der Waals surface area contributed by atoms with Crippen LogP contribution in [0.5, 0.6) is 5.75 Å². The molecule has 0 saturated heterocycles. The van der Waals surface area contributed by atoms with Crippen molar-refractivity contribution in [3.8, 4) is 5.75 Å². The molecule has 9 heteroatoms. The Hall–Kier alpha value is -1.74. The minimum Gasteiger partial charge on any atom is -0.490 e. The lowest BCUT2D eigenvalue weighted by Crippen LogP contribution is -2.16. The van der Waals surface area contributed by atoms with Crippen molar-refractivity contribution < 1.29 is 26.7 Å². The largest absolute Gasteiger partial charge is 0.490 e. The van der Waals surface area contributed by atoms with Gasteiger partial charge in [-0.25, -0.2) is 17.9 Å². The van der Waals surface area contributed by atoms with Crippen molar-refractivity contribution in [2.75, 3.05) is 6.61 Å². The second-order valence-corrected chi connectivity index (χ2v) is 4.83. The Morgan fingerprint density at radius 1 is 1.28 bits per heavy atom. The summed E-state index contributed by atoms with van der Waals surface area (Å²) < 4.78 is 53.2. The number of benzene rings is 1. The van der Waals surface area contributed by atoms with Crippen molar-refractivity contribution >= 4 is 15.9 Å². The Bertz CT molecular complexity index is 574. The van der Waals surface area contributed by atoms with Crippen LogP contribution >= 0.6 is 0 Å². The van der Waals surface area contributed by atoms with Gasteiger partial charge in [-0.1, -0.05) is 0 Å². The number of primary amides is 1. The lowest BCUT2D eigenvalue weighted by molar-refractivity contribution is -0.118. The summed E-state index contributed by atoms with van der Waals surface area (Å²) in [5, 5.41) is 4.68. The number of hydrogen-bond acceptors (Lipinski definition) is 4. The first-order valence-corrected chi connectivity index (χ1v) is 6.20. The molecule has 1 rings (SSSR count). The highest BCUT2D eigenvalue weighted by Gasteiger charge is 2.21. The number of amides is 1. The van der Waals surface area contributed by atoms with Gasteiger partial charge in [0.05, 0.1) is 13.0 Å². The van der Waals surface area contributed by atoms with Crippen molar-refractivity contribution in [3.63, 3.8) is 0 Å². The van der Waals surface area contributed by atoms with Gasteiger partial charge >= 0.3 is 0 Å². The van der Waals surface area contributed by atoms with Gasteiger partial charge in [0.2, 0.25) is 21.7 Å². The van der Waals surface area contributed by atoms with E-state index in [0.29, 0.717) is 0 Å². The van der Waals surface area contributed by atoms with Crippen molar-refractivity contribution in [2.24, 2.45) is 10.9 Å². The molecule has 0 bridgehead atoms. The summed E-state index contributed by atoms with van der Waals surface area (Å²) in [7, 11) is -4.35. The van der Waals surface area contributed by atoms with Gasteiger partial charge in [0.1, 0.15) is 4.90 Å². The SMILES string of the molecule is NC(=O)CCOc1ccc(S(N)(=O)=O)c(F)c1F. The molecule has 100 valence electrons. The summed E-state index contributed by atoms with van der Waals surface area (Å²) in [6.07, 6.45) is -0.183. The predicted octanol–water partition coefficient (Wildman–Crippen LogP) is -0.134. The van der Waals surface area contributed by atoms with E-state index >= 15 is 0 Å². The van der Waals surface area contributed by atoms with Crippen LogP contribution < -0.4 is 15.6 Å². The maximum atomic E-state index is 13.4. The molecule has 0 heterocycles. The third-order valence-electron chi connectivity index (χ3n) is 1.92. The standard InChI is InChI=1S/C9H10F2N2O4S/c10-8-5(17-4-3-7(12)14)1-2-6(9(8)11)18(13,15)16/h1-2H,3-4H2,(H2,12,14)(H2,13,15,16). The molecule has 1 aromatic carbocycles. The number of carbonyl (C=O) groups excluding carboxylic acids is 1. The van der Waals surface area contributed by atoms with Crippen LogP contribution in [0.2, 0.25) is 0 Å². The Morgan fingerprint density at radius 2 is 1.89 bits per heavy atom. The van der Waals surface area contributed by atoms with E-state index in [9.17, 15) is 22.0 Å². The Balaban J connectivity index is 2.98. The van der Waals surface area contributed by atoms with Crippen LogP contribution in [0.4, 0.5) is 8.78 Å². The van der Waals surface area contributed by atoms with Crippen molar-refractivity contribution in [1.82, 2.24) is 0 Å². The fourth-order valence-corrected chi connectivity index (χ4v) is 1.70. The highest BCUT2D eigenvalue weighted by atomic mass is 32.2. The minimum absolute atomic E-state index is 0.183. The molecule has 4 N–H and O–H groups in total. The number of ether oxygens (including phenoxy) is 1. The molecule has 0 saturated carbocycles. The molecule has 0 unspecified atom stereocenters. The topological polar surface area (TPSA) is 112 Å². The number of halogens is 2. The zero-order chi connectivity index (χ0) is 13.9. The molecule has 1 amide bonds. The number of primary sulfonamides is 1. The van der Waals surface area contributed by atoms with Crippen LogP contribution in [0, 0.1) is 11.6 Å². The molecule has 0 atom stereocenters. The first kappa shape index (κ1) is 14.3. The van der Waals surface area contributed by atoms with Crippen LogP contribution in [0.15, 0.2) is 17.0 Å². The fourth-order valence-electron chi connectivity index (χ4n) is 1.11. The molecule has 6 nitrogen and oxygen atoms in total. The van der Waals surface area contributed by atoms with E-state index in [4.69, 9.17) is 10.5 Å². The van der Waals surface area contributed by atoms with E-state index in [0.717, 1.165) is 12.1 Å². The van der Waals surface area contributed by atoms with E-state index in [1.807, 2.05) is 0 Å². The average Bonchev–Trinajstić information content (AvgIpc) is 2.22. The Kier molecular flexibility index (Phi) is 4.19. The molecule has 0 aliphatic carbocycles. The highest BCUT2D eigenvalue weighted by molar-refractivity contribution is 7.89. The lowest BCUT2D eigenvalue weighted by Gasteiger charge is -2.08. The van der Waals surface area contributed by atoms with E-state index < -0.39 is 38.2 Å². The summed E-state index contributed by atoms with van der Waals surface area (Å²) in [6.45, 7) is -0.250. The second kappa shape index (κ2) is 5.27. The zero-order valence-corrected chi connectivity index (χ0v) is 9.84. The number of hydrogen-bond donors (Lipinski definition) is 2. The summed E-state index contributed by atoms with van der Waals surface area (Å²) in [4.78, 5) is 9.44. The van der Waals surface area contributed by atoms with E-state index in [1.165, 1.54) is 0 Å². The first-order chi connectivity index (χ1) is 8.23. The summed E-state index contributed by atoms with van der Waals surface area (Å²) in [5.74, 6) is -4.32. The van der Waals surface area contributed by atoms with Crippen LogP contribution in [-0.2, 0) is 14.8 Å². The van der Waals surface area contributed by atoms with E-state index in [2.05, 4.69) is 5.14 Å². The summed E-state index contributed by atoms with van der Waals surface area (Å²) >= 11 is 0. The molecule has 0 radical (unpaired) electrons. The van der Waals surface area contributed by atoms with Crippen molar-refractivity contribution in [3.05, 3.63) is 23.8 Å². The molecule has 18 heavy (non-hydrogen) atoms. The van der Waals surface area contributed by atoms with Gasteiger partial charge in [-0.05, 0) is 12.1 Å². The predicted molar refractivity (Wildman–Crippen MR) is 57.0 cm³/mol. The second-order valence-electron chi connectivity index (χ2n) is 3.30. The van der Waals surface area contributed by atoms with Crippen molar-refractivity contribution in [2.45, 2.75) is 11.3 Å². The van der Waals surface area contributed by atoms with Gasteiger partial charge in [-0.15, -0.1) is 0 Å². The van der Waals surface area contributed by atoms with E-state index in [1.54, 1.807) is 0 Å². The smallest absolute Gasteiger partial charge is 0.241 e. The summed E-state index contributed by atoms with van der Waals surface area (Å²) in [6, 6.07) is 1.67. The van der Waals surface area contributed by atoms with Gasteiger partial charge in [-0.3, -0.25) is 4.79 Å². The van der Waals surface area contributed by atoms with Crippen LogP contribution in [-0.4, -0.2) is 20.9 Å². The molecule has 0 spiro atoms. The molecule has 0 aromatic heterocycles. The number of carbonyl (C=O) groups is 1. The minimum atomic E-state index is -4.35. The summed E-state index contributed by atoms with van der Waals surface area (Å²) in [5.41, 5.74) is 4.82. The van der Waals surface area contributed by atoms with Crippen LogP contribution in [0.3, 0.4) is 0 Å². The van der Waals surface area contributed by atoms with Gasteiger partial charge in [0.25, 0.3) is 0 Å². The maximum absolute atomic E-state index is 13.4. The maximum Gasteiger partial charge on any atom is 0.241 e. The molecule has 0 aliphatic heterocycles. The fraction of sp³-hybridized carbons (Fsp3) is 0.222. The Labute approximate surface area is 102 Å². The number of nitrogens with two attached hydrogens (primary N) is 2. The van der Waals surface area contributed by atoms with Gasteiger partial charge in [0, 0.05) is 0 Å². The third kappa shape index (κ3) is 3.37. The number of rotatable bonds is 5. The normalized spacial score (nSPS) is 11.3. The van der Waals surface area contributed by atoms with Gasteiger partial charge < -0.3 is 10.5 Å². The molecule has 0 aliphatic rings. The molecular formula is C9H10F2N2O4S. The van der Waals surface area contributed by atoms with Gasteiger partial charge in [0.15, 0.2) is 11.6 Å². The van der Waals surface area contributed by atoms with Crippen LogP contribution in [0.1, 0.15) is 6.42 Å². The van der Waals surface area contributed by atoms with E-state index in [-0.39, 0.29) is 13.0 Å². The average molecular weight is 280 g/mol.